The lowest BCUT2D eigenvalue weighted by molar-refractivity contribution is 0.300. The minimum absolute atomic E-state index is 0.0102. The lowest BCUT2D eigenvalue weighted by atomic mass is 10.2. The van der Waals surface area contributed by atoms with E-state index in [0.717, 1.165) is 17.8 Å². The van der Waals surface area contributed by atoms with Gasteiger partial charge in [-0.05, 0) is 22.3 Å². The maximum absolute atomic E-state index is 6.88. The molecule has 2 aromatic carbocycles. The van der Waals surface area contributed by atoms with E-state index in [2.05, 4.69) is 98.3 Å². The molecule has 3 nitrogen and oxygen atoms in total. The number of hydrogen-bond donors (Lipinski definition) is 1. The van der Waals surface area contributed by atoms with Crippen molar-refractivity contribution in [2.75, 3.05) is 6.61 Å². The molecule has 0 saturated heterocycles. The first-order valence-electron chi connectivity index (χ1n) is 9.19. The van der Waals surface area contributed by atoms with E-state index in [1.807, 2.05) is 0 Å². The number of imidazole rings is 1. The van der Waals surface area contributed by atoms with Crippen LogP contribution in [0.2, 0.25) is 5.04 Å². The van der Waals surface area contributed by atoms with E-state index in [4.69, 9.17) is 4.43 Å². The van der Waals surface area contributed by atoms with Crippen LogP contribution in [0.4, 0.5) is 0 Å². The number of aryl methyl sites for hydroxylation is 1. The average molecular weight is 365 g/mol. The molecule has 4 heteroatoms. The van der Waals surface area contributed by atoms with E-state index in [1.165, 1.54) is 10.4 Å². The van der Waals surface area contributed by atoms with Crippen LogP contribution in [0, 0.1) is 6.92 Å². The Labute approximate surface area is 157 Å². The van der Waals surface area contributed by atoms with Crippen molar-refractivity contribution >= 4 is 18.7 Å². The molecule has 0 atom stereocenters. The summed E-state index contributed by atoms with van der Waals surface area (Å²) in [6.07, 6.45) is 2.58. The molecule has 0 aliphatic rings. The molecule has 3 rings (SSSR count). The summed E-state index contributed by atoms with van der Waals surface area (Å²) in [7, 11) is -2.44. The monoisotopic (exact) mass is 364 g/mol. The molecule has 1 heterocycles. The number of H-pyrrole nitrogens is 1. The minimum Gasteiger partial charge on any atom is -0.407 e. The van der Waals surface area contributed by atoms with E-state index in [0.29, 0.717) is 6.61 Å². The molecular formula is C22H28N2OSi. The van der Waals surface area contributed by atoms with Crippen LogP contribution in [0.25, 0.3) is 0 Å². The zero-order chi connectivity index (χ0) is 18.6. The van der Waals surface area contributed by atoms with Crippen molar-refractivity contribution in [2.45, 2.75) is 39.2 Å². The van der Waals surface area contributed by atoms with Gasteiger partial charge < -0.3 is 9.41 Å². The van der Waals surface area contributed by atoms with E-state index >= 15 is 0 Å². The van der Waals surface area contributed by atoms with Gasteiger partial charge in [0.15, 0.2) is 0 Å². The average Bonchev–Trinajstić information content (AvgIpc) is 3.04. The van der Waals surface area contributed by atoms with Crippen molar-refractivity contribution in [1.29, 1.82) is 0 Å². The van der Waals surface area contributed by atoms with Crippen LogP contribution < -0.4 is 10.4 Å². The van der Waals surface area contributed by atoms with E-state index in [1.54, 1.807) is 6.33 Å². The molecule has 1 N–H and O–H groups in total. The van der Waals surface area contributed by atoms with Gasteiger partial charge in [0.2, 0.25) is 0 Å². The number of hydrogen-bond acceptors (Lipinski definition) is 2. The maximum atomic E-state index is 6.88. The molecule has 136 valence electrons. The second-order valence-electron chi connectivity index (χ2n) is 7.74. The maximum Gasteiger partial charge on any atom is 0.261 e. The molecular weight excluding hydrogens is 336 g/mol. The van der Waals surface area contributed by atoms with Crippen molar-refractivity contribution in [1.82, 2.24) is 9.97 Å². The highest BCUT2D eigenvalue weighted by Gasteiger charge is 2.49. The molecule has 0 aliphatic heterocycles. The SMILES string of the molecule is Cc1[nH]cnc1CCO[Si](c1ccccc1)(c1ccccc1)C(C)(C)C. The van der Waals surface area contributed by atoms with E-state index in [-0.39, 0.29) is 5.04 Å². The summed E-state index contributed by atoms with van der Waals surface area (Å²) < 4.78 is 6.88. The Kier molecular flexibility index (Phi) is 5.44. The third-order valence-corrected chi connectivity index (χ3v) is 10.1. The van der Waals surface area contributed by atoms with E-state index in [9.17, 15) is 0 Å². The van der Waals surface area contributed by atoms with E-state index < -0.39 is 8.32 Å². The van der Waals surface area contributed by atoms with Crippen molar-refractivity contribution in [3.8, 4) is 0 Å². The van der Waals surface area contributed by atoms with Crippen LogP contribution in [0.1, 0.15) is 32.2 Å². The second-order valence-corrected chi connectivity index (χ2v) is 12.0. The van der Waals surface area contributed by atoms with Crippen LogP contribution in [0.5, 0.6) is 0 Å². The van der Waals surface area contributed by atoms with Gasteiger partial charge in [0.1, 0.15) is 0 Å². The van der Waals surface area contributed by atoms with Gasteiger partial charge in [0, 0.05) is 18.7 Å². The fourth-order valence-electron chi connectivity index (χ4n) is 3.70. The Morgan fingerprint density at radius 2 is 1.46 bits per heavy atom. The fourth-order valence-corrected chi connectivity index (χ4v) is 8.27. The lowest BCUT2D eigenvalue weighted by Crippen LogP contribution is -2.66. The number of aromatic nitrogens is 2. The molecule has 1 aromatic heterocycles. The highest BCUT2D eigenvalue weighted by atomic mass is 28.4. The van der Waals surface area contributed by atoms with Crippen molar-refractivity contribution in [3.63, 3.8) is 0 Å². The number of nitrogens with zero attached hydrogens (tertiary/aromatic N) is 1. The molecule has 0 unspecified atom stereocenters. The second kappa shape index (κ2) is 7.60. The topological polar surface area (TPSA) is 37.9 Å². The third-order valence-electron chi connectivity index (χ3n) is 5.01. The van der Waals surface area contributed by atoms with Crippen molar-refractivity contribution < 1.29 is 4.43 Å². The zero-order valence-electron chi connectivity index (χ0n) is 16.1. The Morgan fingerprint density at radius 3 is 1.88 bits per heavy atom. The van der Waals surface area contributed by atoms with Gasteiger partial charge in [-0.3, -0.25) is 0 Å². The van der Waals surface area contributed by atoms with Crippen LogP contribution >= 0.6 is 0 Å². The fraction of sp³-hybridized carbons (Fsp3) is 0.318. The first kappa shape index (κ1) is 18.6. The molecule has 0 spiro atoms. The molecule has 0 aliphatic carbocycles. The standard InChI is InChI=1S/C22H28N2OSi/c1-18-21(24-17-23-18)15-16-25-26(22(2,3)4,19-11-7-5-8-12-19)20-13-9-6-10-14-20/h5-14,17H,15-16H2,1-4H3,(H,23,24). The Balaban J connectivity index is 2.01. The number of nitrogens with one attached hydrogen (secondary N) is 1. The zero-order valence-corrected chi connectivity index (χ0v) is 17.1. The summed E-state index contributed by atoms with van der Waals surface area (Å²) in [5.74, 6) is 0. The summed E-state index contributed by atoms with van der Waals surface area (Å²) in [4.78, 5) is 7.58. The molecule has 0 radical (unpaired) electrons. The summed E-state index contributed by atoms with van der Waals surface area (Å²) >= 11 is 0. The number of aromatic amines is 1. The third kappa shape index (κ3) is 3.52. The highest BCUT2D eigenvalue weighted by molar-refractivity contribution is 6.99. The van der Waals surface area contributed by atoms with Crippen LogP contribution in [0.15, 0.2) is 67.0 Å². The normalized spacial score (nSPS) is 12.3. The van der Waals surface area contributed by atoms with Crippen molar-refractivity contribution in [2.24, 2.45) is 0 Å². The molecule has 0 fully saturated rings. The number of rotatable bonds is 6. The molecule has 0 saturated carbocycles. The number of benzene rings is 2. The summed E-state index contributed by atoms with van der Waals surface area (Å²) in [5.41, 5.74) is 2.21. The summed E-state index contributed by atoms with van der Waals surface area (Å²) in [6, 6.07) is 21.5. The Morgan fingerprint density at radius 1 is 0.923 bits per heavy atom. The van der Waals surface area contributed by atoms with Crippen LogP contribution in [-0.2, 0) is 10.8 Å². The molecule has 0 bridgehead atoms. The first-order chi connectivity index (χ1) is 12.4. The van der Waals surface area contributed by atoms with Gasteiger partial charge in [0.05, 0.1) is 12.0 Å². The molecule has 26 heavy (non-hydrogen) atoms. The Hall–Kier alpha value is -2.17. The van der Waals surface area contributed by atoms with Gasteiger partial charge >= 0.3 is 0 Å². The summed E-state index contributed by atoms with van der Waals surface area (Å²) in [6.45, 7) is 9.64. The molecule has 3 aromatic rings. The minimum atomic E-state index is -2.44. The predicted molar refractivity (Wildman–Crippen MR) is 111 cm³/mol. The largest absolute Gasteiger partial charge is 0.407 e. The quantitative estimate of drug-likeness (QED) is 0.675. The van der Waals surface area contributed by atoms with Gasteiger partial charge in [0.25, 0.3) is 8.32 Å². The highest BCUT2D eigenvalue weighted by Crippen LogP contribution is 2.36. The predicted octanol–water partition coefficient (Wildman–Crippen LogP) is 3.84. The van der Waals surface area contributed by atoms with Gasteiger partial charge in [-0.1, -0.05) is 81.4 Å². The van der Waals surface area contributed by atoms with Gasteiger partial charge in [-0.25, -0.2) is 4.98 Å². The van der Waals surface area contributed by atoms with Gasteiger partial charge in [-0.2, -0.15) is 0 Å². The van der Waals surface area contributed by atoms with Crippen LogP contribution in [-0.4, -0.2) is 24.9 Å². The van der Waals surface area contributed by atoms with Gasteiger partial charge in [-0.15, -0.1) is 0 Å². The van der Waals surface area contributed by atoms with Crippen LogP contribution in [0.3, 0.4) is 0 Å². The molecule has 0 amide bonds. The Bertz CT molecular complexity index is 783. The summed E-state index contributed by atoms with van der Waals surface area (Å²) in [5, 5.41) is 2.64. The lowest BCUT2D eigenvalue weighted by Gasteiger charge is -2.43. The smallest absolute Gasteiger partial charge is 0.261 e. The first-order valence-corrected chi connectivity index (χ1v) is 11.1. The van der Waals surface area contributed by atoms with Crippen molar-refractivity contribution in [3.05, 3.63) is 78.4 Å².